The van der Waals surface area contributed by atoms with Crippen molar-refractivity contribution in [3.63, 3.8) is 0 Å². The van der Waals surface area contributed by atoms with Gasteiger partial charge in [-0.3, -0.25) is 0 Å². The molecule has 0 amide bonds. The lowest BCUT2D eigenvalue weighted by atomic mass is 9.93. The van der Waals surface area contributed by atoms with Crippen molar-refractivity contribution < 1.29 is 9.47 Å². The van der Waals surface area contributed by atoms with Crippen molar-refractivity contribution in [1.82, 2.24) is 5.32 Å². The van der Waals surface area contributed by atoms with Gasteiger partial charge in [0.2, 0.25) is 0 Å². The van der Waals surface area contributed by atoms with Crippen LogP contribution in [0.1, 0.15) is 52.1 Å². The van der Waals surface area contributed by atoms with E-state index in [4.69, 9.17) is 9.47 Å². The molecule has 2 rings (SSSR count). The largest absolute Gasteiger partial charge is 0.493 e. The lowest BCUT2D eigenvalue weighted by molar-refractivity contribution is 0.242. The predicted molar refractivity (Wildman–Crippen MR) is 82.5 cm³/mol. The van der Waals surface area contributed by atoms with E-state index >= 15 is 0 Å². The fourth-order valence-corrected chi connectivity index (χ4v) is 2.24. The van der Waals surface area contributed by atoms with Crippen molar-refractivity contribution in [2.24, 2.45) is 5.41 Å². The quantitative estimate of drug-likeness (QED) is 0.854. The summed E-state index contributed by atoms with van der Waals surface area (Å²) in [5.74, 6) is 1.87. The Hall–Kier alpha value is -1.22. The van der Waals surface area contributed by atoms with E-state index in [1.807, 2.05) is 6.07 Å². The Bertz CT molecular complexity index is 437. The van der Waals surface area contributed by atoms with E-state index in [9.17, 15) is 0 Å². The number of hydrogen-bond donors (Lipinski definition) is 1. The Morgan fingerprint density at radius 1 is 1.35 bits per heavy atom. The van der Waals surface area contributed by atoms with E-state index in [2.05, 4.69) is 45.1 Å². The molecule has 3 nitrogen and oxygen atoms in total. The van der Waals surface area contributed by atoms with Crippen LogP contribution in [0.4, 0.5) is 0 Å². The van der Waals surface area contributed by atoms with E-state index in [-0.39, 0.29) is 0 Å². The van der Waals surface area contributed by atoms with E-state index in [0.29, 0.717) is 11.5 Å². The van der Waals surface area contributed by atoms with Crippen LogP contribution in [0, 0.1) is 5.41 Å². The van der Waals surface area contributed by atoms with Crippen LogP contribution in [0.5, 0.6) is 11.5 Å². The fraction of sp³-hybridized carbons (Fsp3) is 0.647. The summed E-state index contributed by atoms with van der Waals surface area (Å²) in [5.41, 5.74) is 1.56. The maximum atomic E-state index is 5.82. The third-order valence-electron chi connectivity index (χ3n) is 3.53. The van der Waals surface area contributed by atoms with Crippen molar-refractivity contribution in [2.75, 3.05) is 19.8 Å². The van der Waals surface area contributed by atoms with Crippen LogP contribution in [0.3, 0.4) is 0 Å². The Morgan fingerprint density at radius 3 is 2.85 bits per heavy atom. The van der Waals surface area contributed by atoms with E-state index in [1.165, 1.54) is 5.56 Å². The number of benzene rings is 1. The molecular weight excluding hydrogens is 250 g/mol. The third-order valence-corrected chi connectivity index (χ3v) is 3.53. The maximum Gasteiger partial charge on any atom is 0.127 e. The van der Waals surface area contributed by atoms with Crippen LogP contribution in [0.15, 0.2) is 18.2 Å². The van der Waals surface area contributed by atoms with Gasteiger partial charge in [-0.05, 0) is 36.9 Å². The minimum Gasteiger partial charge on any atom is -0.493 e. The zero-order valence-corrected chi connectivity index (χ0v) is 13.2. The molecule has 0 spiro atoms. The van der Waals surface area contributed by atoms with Gasteiger partial charge in [-0.1, -0.05) is 27.7 Å². The summed E-state index contributed by atoms with van der Waals surface area (Å²) in [6.45, 7) is 11.4. The molecular formula is C17H27NO2. The smallest absolute Gasteiger partial charge is 0.127 e. The topological polar surface area (TPSA) is 30.5 Å². The number of nitrogens with one attached hydrogen (secondary N) is 1. The molecule has 3 heteroatoms. The van der Waals surface area contributed by atoms with Crippen molar-refractivity contribution in [1.29, 1.82) is 0 Å². The first-order chi connectivity index (χ1) is 9.49. The highest BCUT2D eigenvalue weighted by Crippen LogP contribution is 2.35. The molecule has 1 aromatic rings. The number of rotatable bonds is 6. The highest BCUT2D eigenvalue weighted by atomic mass is 16.5. The number of ether oxygens (including phenoxy) is 2. The van der Waals surface area contributed by atoms with Gasteiger partial charge >= 0.3 is 0 Å². The normalized spacial score (nSPS) is 17.7. The van der Waals surface area contributed by atoms with Gasteiger partial charge < -0.3 is 14.8 Å². The van der Waals surface area contributed by atoms with Crippen LogP contribution in [0.25, 0.3) is 0 Å². The second-order valence-electron chi connectivity index (χ2n) is 6.68. The maximum absolute atomic E-state index is 5.82. The second-order valence-corrected chi connectivity index (χ2v) is 6.68. The van der Waals surface area contributed by atoms with Gasteiger partial charge in [-0.15, -0.1) is 0 Å². The fourth-order valence-electron chi connectivity index (χ4n) is 2.24. The molecule has 1 atom stereocenters. The average molecular weight is 277 g/mol. The molecule has 1 aliphatic rings. The lowest BCUT2D eigenvalue weighted by Crippen LogP contribution is -2.22. The minimum atomic E-state index is 0.308. The number of fused-ring (bicyclic) bond motifs is 1. The predicted octanol–water partition coefficient (Wildman–Crippen LogP) is 3.93. The molecule has 1 aliphatic heterocycles. The van der Waals surface area contributed by atoms with E-state index in [0.717, 1.165) is 44.1 Å². The Morgan fingerprint density at radius 2 is 2.15 bits per heavy atom. The molecule has 0 saturated heterocycles. The van der Waals surface area contributed by atoms with Crippen LogP contribution in [-0.2, 0) is 0 Å². The molecule has 1 unspecified atom stereocenters. The van der Waals surface area contributed by atoms with Crippen molar-refractivity contribution >= 4 is 0 Å². The summed E-state index contributed by atoms with van der Waals surface area (Å²) in [6, 6.07) is 6.53. The summed E-state index contributed by atoms with van der Waals surface area (Å²) < 4.78 is 11.6. The molecule has 1 aromatic carbocycles. The summed E-state index contributed by atoms with van der Waals surface area (Å²) >= 11 is 0. The highest BCUT2D eigenvalue weighted by Gasteiger charge is 2.23. The molecule has 112 valence electrons. The van der Waals surface area contributed by atoms with Gasteiger partial charge in [-0.2, -0.15) is 0 Å². The Kier molecular flexibility index (Phi) is 4.92. The first kappa shape index (κ1) is 15.2. The van der Waals surface area contributed by atoms with E-state index < -0.39 is 0 Å². The monoisotopic (exact) mass is 277 g/mol. The van der Waals surface area contributed by atoms with Crippen LogP contribution < -0.4 is 14.8 Å². The van der Waals surface area contributed by atoms with Crippen molar-refractivity contribution in [3.8, 4) is 11.5 Å². The van der Waals surface area contributed by atoms with Gasteiger partial charge in [0.1, 0.15) is 18.1 Å². The Labute approximate surface area is 122 Å². The van der Waals surface area contributed by atoms with Gasteiger partial charge in [0.15, 0.2) is 0 Å². The van der Waals surface area contributed by atoms with Crippen LogP contribution in [-0.4, -0.2) is 19.8 Å². The summed E-state index contributed by atoms with van der Waals surface area (Å²) in [4.78, 5) is 0. The van der Waals surface area contributed by atoms with Crippen molar-refractivity contribution in [2.45, 2.75) is 46.6 Å². The molecule has 20 heavy (non-hydrogen) atoms. The van der Waals surface area contributed by atoms with E-state index in [1.54, 1.807) is 0 Å². The van der Waals surface area contributed by atoms with Crippen molar-refractivity contribution in [3.05, 3.63) is 23.8 Å². The molecule has 1 N–H and O–H groups in total. The molecule has 0 aromatic heterocycles. The first-order valence-corrected chi connectivity index (χ1v) is 7.62. The zero-order valence-electron chi connectivity index (χ0n) is 13.2. The van der Waals surface area contributed by atoms with Gasteiger partial charge in [-0.25, -0.2) is 0 Å². The molecule has 0 radical (unpaired) electrons. The standard InChI is InChI=1S/C17H27NO2/c1-5-9-18-15-12-20-16-11-13(6-7-14(15)16)19-10-8-17(2,3)4/h6-7,11,15,18H,5,8-10,12H2,1-4H3. The van der Waals surface area contributed by atoms with Gasteiger partial charge in [0, 0.05) is 11.6 Å². The molecule has 0 bridgehead atoms. The highest BCUT2D eigenvalue weighted by molar-refractivity contribution is 5.45. The molecule has 0 fully saturated rings. The first-order valence-electron chi connectivity index (χ1n) is 7.62. The number of hydrogen-bond acceptors (Lipinski definition) is 3. The van der Waals surface area contributed by atoms with Gasteiger partial charge in [0.05, 0.1) is 12.6 Å². The zero-order chi connectivity index (χ0) is 14.6. The second kappa shape index (κ2) is 6.49. The molecule has 0 aliphatic carbocycles. The molecule has 0 saturated carbocycles. The summed E-state index contributed by atoms with van der Waals surface area (Å²) in [6.07, 6.45) is 2.19. The molecule has 1 heterocycles. The summed E-state index contributed by atoms with van der Waals surface area (Å²) in [7, 11) is 0. The average Bonchev–Trinajstić information content (AvgIpc) is 2.77. The Balaban J connectivity index is 1.92. The lowest BCUT2D eigenvalue weighted by Gasteiger charge is -2.18. The third kappa shape index (κ3) is 4.14. The SMILES string of the molecule is CCCNC1COc2cc(OCCC(C)(C)C)ccc21. The van der Waals surface area contributed by atoms with Crippen LogP contribution >= 0.6 is 0 Å². The minimum absolute atomic E-state index is 0.308. The van der Waals surface area contributed by atoms with Crippen LogP contribution in [0.2, 0.25) is 0 Å². The van der Waals surface area contributed by atoms with Gasteiger partial charge in [0.25, 0.3) is 0 Å². The summed E-state index contributed by atoms with van der Waals surface area (Å²) in [5, 5.41) is 3.50.